The first-order valence-electron chi connectivity index (χ1n) is 3.23. The van der Waals surface area contributed by atoms with E-state index in [0.717, 1.165) is 18.3 Å². The molecule has 0 bridgehead atoms. The van der Waals surface area contributed by atoms with Gasteiger partial charge in [-0.1, -0.05) is 17.7 Å². The van der Waals surface area contributed by atoms with Crippen molar-refractivity contribution in [1.82, 2.24) is 5.32 Å². The lowest BCUT2D eigenvalue weighted by Gasteiger charge is -1.97. The van der Waals surface area contributed by atoms with Gasteiger partial charge in [-0.2, -0.15) is 0 Å². The molecule has 0 saturated heterocycles. The summed E-state index contributed by atoms with van der Waals surface area (Å²) in [4.78, 5) is 3.67. The Kier molecular flexibility index (Phi) is 3.11. The van der Waals surface area contributed by atoms with Crippen molar-refractivity contribution in [3.63, 3.8) is 0 Å². The number of allylic oxidation sites excluding steroid dienone is 1. The van der Waals surface area contributed by atoms with E-state index in [1.165, 1.54) is 0 Å². The van der Waals surface area contributed by atoms with Crippen molar-refractivity contribution in [2.45, 2.75) is 6.42 Å². The predicted octanol–water partition coefficient (Wildman–Crippen LogP) is 1.94. The number of nitrogens with one attached hydrogen (secondary N) is 1. The maximum atomic E-state index is 11.6. The first-order valence-corrected chi connectivity index (χ1v) is 3.61. The second kappa shape index (κ2) is 4.13. The third-order valence-corrected chi connectivity index (χ3v) is 1.55. The summed E-state index contributed by atoms with van der Waals surface area (Å²) in [5.41, 5.74) is 0.816. The van der Waals surface area contributed by atoms with Crippen LogP contribution in [0.5, 0.6) is 0 Å². The van der Waals surface area contributed by atoms with Gasteiger partial charge in [-0.25, -0.2) is 9.38 Å². The fourth-order valence-electron chi connectivity index (χ4n) is 0.732. The van der Waals surface area contributed by atoms with Crippen molar-refractivity contribution >= 4 is 17.8 Å². The van der Waals surface area contributed by atoms with E-state index in [2.05, 4.69) is 10.3 Å². The number of hydrogen-bond acceptors (Lipinski definition) is 2. The second-order valence-electron chi connectivity index (χ2n) is 1.99. The van der Waals surface area contributed by atoms with Gasteiger partial charge in [0.2, 0.25) is 0 Å². The predicted molar refractivity (Wildman–Crippen MR) is 44.2 cm³/mol. The van der Waals surface area contributed by atoms with Gasteiger partial charge in [-0.15, -0.1) is 0 Å². The lowest BCUT2D eigenvalue weighted by molar-refractivity contribution is 0.587. The van der Waals surface area contributed by atoms with Crippen molar-refractivity contribution in [3.05, 3.63) is 23.1 Å². The molecule has 1 heterocycles. The maximum absolute atomic E-state index is 11.6. The molecule has 0 unspecified atom stereocenters. The molecular formula is C7H8ClFN2. The summed E-state index contributed by atoms with van der Waals surface area (Å²) in [5.74, 6) is 0. The Hall–Kier alpha value is -0.830. The Labute approximate surface area is 69.5 Å². The number of rotatable bonds is 2. The van der Waals surface area contributed by atoms with Gasteiger partial charge >= 0.3 is 0 Å². The van der Waals surface area contributed by atoms with Crippen LogP contribution in [0.2, 0.25) is 0 Å². The Morgan fingerprint density at radius 1 is 1.91 bits per heavy atom. The number of nitrogens with zero attached hydrogens (tertiary/aromatic N) is 1. The van der Waals surface area contributed by atoms with Crippen LogP contribution < -0.4 is 5.32 Å². The minimum atomic E-state index is -0.586. The van der Waals surface area contributed by atoms with Gasteiger partial charge in [-0.3, -0.25) is 0 Å². The van der Waals surface area contributed by atoms with Crippen LogP contribution in [0.1, 0.15) is 6.42 Å². The zero-order valence-electron chi connectivity index (χ0n) is 5.85. The molecule has 0 aliphatic carbocycles. The Morgan fingerprint density at radius 2 is 2.73 bits per heavy atom. The normalized spacial score (nSPS) is 20.9. The summed E-state index contributed by atoms with van der Waals surface area (Å²) >= 11 is 5.68. The lowest BCUT2D eigenvalue weighted by atomic mass is 10.4. The average molecular weight is 175 g/mol. The van der Waals surface area contributed by atoms with Gasteiger partial charge < -0.3 is 5.32 Å². The molecule has 0 amide bonds. The van der Waals surface area contributed by atoms with E-state index in [1.54, 1.807) is 6.20 Å². The molecule has 2 nitrogen and oxygen atoms in total. The monoisotopic (exact) mass is 174 g/mol. The minimum absolute atomic E-state index is 0.327. The van der Waals surface area contributed by atoms with Crippen LogP contribution in [0.25, 0.3) is 0 Å². The first kappa shape index (κ1) is 8.27. The third-order valence-electron chi connectivity index (χ3n) is 1.22. The zero-order valence-corrected chi connectivity index (χ0v) is 6.61. The van der Waals surface area contributed by atoms with Crippen molar-refractivity contribution in [1.29, 1.82) is 0 Å². The molecule has 0 aromatic rings. The van der Waals surface area contributed by atoms with Gasteiger partial charge in [0.1, 0.15) is 11.8 Å². The molecule has 1 aliphatic rings. The smallest absolute Gasteiger partial charge is 0.148 e. The largest absolute Gasteiger partial charge is 0.363 e. The van der Waals surface area contributed by atoms with Gasteiger partial charge in [0.05, 0.1) is 5.70 Å². The van der Waals surface area contributed by atoms with Crippen LogP contribution in [0.15, 0.2) is 28.1 Å². The van der Waals surface area contributed by atoms with E-state index in [4.69, 9.17) is 11.6 Å². The molecule has 0 atom stereocenters. The highest BCUT2D eigenvalue weighted by Gasteiger charge is 2.03. The number of hydrogen-bond donors (Lipinski definition) is 1. The van der Waals surface area contributed by atoms with E-state index in [1.807, 2.05) is 6.08 Å². The molecule has 0 aromatic heterocycles. The Morgan fingerprint density at radius 3 is 3.27 bits per heavy atom. The molecule has 1 N–H and O–H groups in total. The van der Waals surface area contributed by atoms with Crippen molar-refractivity contribution < 1.29 is 4.39 Å². The van der Waals surface area contributed by atoms with Crippen LogP contribution in [0, 0.1) is 0 Å². The van der Waals surface area contributed by atoms with E-state index in [0.29, 0.717) is 5.16 Å². The highest BCUT2D eigenvalue weighted by Crippen LogP contribution is 2.15. The molecule has 0 spiro atoms. The van der Waals surface area contributed by atoms with Gasteiger partial charge in [0.15, 0.2) is 0 Å². The molecule has 0 saturated carbocycles. The standard InChI is InChI=1S/C7H8ClFN2/c8-7(11-5-3-9)6-2-1-4-10-6/h1,4-5,10H,2-3H2/b7-6+,11-5-. The molecular weight excluding hydrogens is 167 g/mol. The first-order chi connectivity index (χ1) is 5.34. The summed E-state index contributed by atoms with van der Waals surface area (Å²) in [6, 6.07) is 0. The van der Waals surface area contributed by atoms with Crippen LogP contribution in [-0.2, 0) is 0 Å². The number of halogens is 2. The van der Waals surface area contributed by atoms with Gasteiger partial charge in [0, 0.05) is 12.6 Å². The van der Waals surface area contributed by atoms with Crippen LogP contribution in [-0.4, -0.2) is 12.9 Å². The molecule has 1 aliphatic heterocycles. The van der Waals surface area contributed by atoms with Crippen LogP contribution >= 0.6 is 11.6 Å². The Bertz CT molecular complexity index is 210. The summed E-state index contributed by atoms with van der Waals surface area (Å²) in [7, 11) is 0. The SMILES string of the molecule is FC/C=N\C(Cl)=C1/CC=CN1. The third kappa shape index (κ3) is 2.35. The van der Waals surface area contributed by atoms with Crippen molar-refractivity contribution in [2.24, 2.45) is 4.99 Å². The average Bonchev–Trinajstić information content (AvgIpc) is 2.52. The molecule has 1 rings (SSSR count). The molecule has 4 heteroatoms. The van der Waals surface area contributed by atoms with Gasteiger partial charge in [0.25, 0.3) is 0 Å². The van der Waals surface area contributed by atoms with Gasteiger partial charge in [-0.05, 0) is 6.20 Å². The minimum Gasteiger partial charge on any atom is -0.363 e. The Balaban J connectivity index is 2.57. The molecule has 0 fully saturated rings. The highest BCUT2D eigenvalue weighted by atomic mass is 35.5. The maximum Gasteiger partial charge on any atom is 0.148 e. The summed E-state index contributed by atoms with van der Waals surface area (Å²) in [6.07, 6.45) is 5.57. The molecule has 60 valence electrons. The lowest BCUT2D eigenvalue weighted by Crippen LogP contribution is -1.98. The van der Waals surface area contributed by atoms with E-state index >= 15 is 0 Å². The summed E-state index contributed by atoms with van der Waals surface area (Å²) < 4.78 is 11.6. The highest BCUT2D eigenvalue weighted by molar-refractivity contribution is 6.30. The number of alkyl halides is 1. The zero-order chi connectivity index (χ0) is 8.10. The summed E-state index contributed by atoms with van der Waals surface area (Å²) in [5, 5.41) is 3.22. The fraction of sp³-hybridized carbons (Fsp3) is 0.286. The fourth-order valence-corrected chi connectivity index (χ4v) is 0.932. The topological polar surface area (TPSA) is 24.4 Å². The van der Waals surface area contributed by atoms with Crippen LogP contribution in [0.4, 0.5) is 4.39 Å². The second-order valence-corrected chi connectivity index (χ2v) is 2.34. The molecule has 0 radical (unpaired) electrons. The van der Waals surface area contributed by atoms with E-state index in [-0.39, 0.29) is 0 Å². The van der Waals surface area contributed by atoms with Crippen molar-refractivity contribution in [2.75, 3.05) is 6.67 Å². The van der Waals surface area contributed by atoms with E-state index < -0.39 is 6.67 Å². The van der Waals surface area contributed by atoms with Crippen LogP contribution in [0.3, 0.4) is 0 Å². The summed E-state index contributed by atoms with van der Waals surface area (Å²) in [6.45, 7) is -0.586. The number of aliphatic imine (C=N–C) groups is 1. The van der Waals surface area contributed by atoms with Crippen molar-refractivity contribution in [3.8, 4) is 0 Å². The van der Waals surface area contributed by atoms with E-state index in [9.17, 15) is 4.39 Å². The quantitative estimate of drug-likeness (QED) is 0.502. The molecule has 0 aromatic carbocycles. The molecule has 11 heavy (non-hydrogen) atoms.